The highest BCUT2D eigenvalue weighted by molar-refractivity contribution is 7.92. The fraction of sp³-hybridized carbons (Fsp3) is 0.0952. The maximum Gasteiger partial charge on any atom is 0.261 e. The molecule has 0 radical (unpaired) electrons. The van der Waals surface area contributed by atoms with Crippen molar-refractivity contribution in [1.29, 1.82) is 0 Å². The van der Waals surface area contributed by atoms with Crippen molar-refractivity contribution in [3.05, 3.63) is 94.5 Å². The summed E-state index contributed by atoms with van der Waals surface area (Å²) >= 11 is 6.00. The Morgan fingerprint density at radius 2 is 1.63 bits per heavy atom. The van der Waals surface area contributed by atoms with Gasteiger partial charge in [0.15, 0.2) is 0 Å². The molecule has 3 rings (SSSR count). The van der Waals surface area contributed by atoms with Crippen LogP contribution in [0.5, 0.6) is 0 Å². The van der Waals surface area contributed by atoms with Gasteiger partial charge in [0.1, 0.15) is 11.6 Å². The molecule has 0 unspecified atom stereocenters. The summed E-state index contributed by atoms with van der Waals surface area (Å²) in [6.45, 7) is -0.0245. The third kappa shape index (κ3) is 4.95. The zero-order chi connectivity index (χ0) is 21.9. The topological polar surface area (TPSA) is 66.5 Å². The van der Waals surface area contributed by atoms with Crippen LogP contribution in [0.25, 0.3) is 0 Å². The Bertz CT molecular complexity index is 1150. The van der Waals surface area contributed by atoms with Crippen LogP contribution < -0.4 is 4.72 Å². The number of rotatable bonds is 6. The highest BCUT2D eigenvalue weighted by Crippen LogP contribution is 2.22. The predicted molar refractivity (Wildman–Crippen MR) is 111 cm³/mol. The number of anilines is 1. The van der Waals surface area contributed by atoms with Gasteiger partial charge in [-0.2, -0.15) is 0 Å². The Morgan fingerprint density at radius 3 is 2.23 bits per heavy atom. The van der Waals surface area contributed by atoms with Gasteiger partial charge in [-0.3, -0.25) is 9.52 Å². The number of benzene rings is 3. The summed E-state index contributed by atoms with van der Waals surface area (Å²) in [5.41, 5.74) is 0.726. The molecule has 0 aliphatic heterocycles. The van der Waals surface area contributed by atoms with Crippen molar-refractivity contribution in [1.82, 2.24) is 4.90 Å². The average molecular weight is 451 g/mol. The first-order valence-corrected chi connectivity index (χ1v) is 10.6. The predicted octanol–water partition coefficient (Wildman–Crippen LogP) is 4.69. The monoisotopic (exact) mass is 450 g/mol. The normalized spacial score (nSPS) is 11.2. The first-order valence-electron chi connectivity index (χ1n) is 8.74. The highest BCUT2D eigenvalue weighted by Gasteiger charge is 2.17. The number of sulfonamides is 1. The number of hydrogen-bond donors (Lipinski definition) is 1. The average Bonchev–Trinajstić information content (AvgIpc) is 2.71. The number of amides is 1. The van der Waals surface area contributed by atoms with E-state index in [1.165, 1.54) is 48.3 Å². The summed E-state index contributed by atoms with van der Waals surface area (Å²) in [4.78, 5) is 13.8. The molecule has 3 aromatic carbocycles. The molecule has 1 amide bonds. The minimum absolute atomic E-state index is 0.0245. The Balaban J connectivity index is 1.71. The van der Waals surface area contributed by atoms with E-state index in [0.29, 0.717) is 0 Å². The van der Waals surface area contributed by atoms with Gasteiger partial charge in [-0.15, -0.1) is 0 Å². The summed E-state index contributed by atoms with van der Waals surface area (Å²) in [5, 5.41) is 0.222. The van der Waals surface area contributed by atoms with Crippen LogP contribution >= 0.6 is 11.6 Å². The molecule has 156 valence electrons. The SMILES string of the molecule is CN(Cc1c(F)cccc1Cl)C(=O)c1ccc(NS(=O)(=O)c2ccc(F)cc2)cc1. The van der Waals surface area contributed by atoms with E-state index in [1.54, 1.807) is 6.07 Å². The minimum Gasteiger partial charge on any atom is -0.337 e. The van der Waals surface area contributed by atoms with Gasteiger partial charge in [0, 0.05) is 35.4 Å². The zero-order valence-corrected chi connectivity index (χ0v) is 17.3. The molecule has 0 aliphatic carbocycles. The van der Waals surface area contributed by atoms with Crippen molar-refractivity contribution in [3.8, 4) is 0 Å². The van der Waals surface area contributed by atoms with Crippen molar-refractivity contribution in [3.63, 3.8) is 0 Å². The molecule has 0 aromatic heterocycles. The smallest absolute Gasteiger partial charge is 0.261 e. The zero-order valence-electron chi connectivity index (χ0n) is 15.8. The number of carbonyl (C=O) groups excluding carboxylic acids is 1. The lowest BCUT2D eigenvalue weighted by atomic mass is 10.1. The Hall–Kier alpha value is -2.97. The van der Waals surface area contributed by atoms with Gasteiger partial charge in [0.05, 0.1) is 4.90 Å². The molecule has 0 saturated carbocycles. The number of nitrogens with one attached hydrogen (secondary N) is 1. The molecular formula is C21H17ClF2N2O3S. The van der Waals surface area contributed by atoms with E-state index in [2.05, 4.69) is 4.72 Å². The van der Waals surface area contributed by atoms with Gasteiger partial charge in [-0.25, -0.2) is 17.2 Å². The van der Waals surface area contributed by atoms with Gasteiger partial charge in [0.2, 0.25) is 0 Å². The van der Waals surface area contributed by atoms with Crippen LogP contribution in [0.2, 0.25) is 5.02 Å². The lowest BCUT2D eigenvalue weighted by Crippen LogP contribution is -2.26. The maximum absolute atomic E-state index is 13.9. The van der Waals surface area contributed by atoms with Gasteiger partial charge >= 0.3 is 0 Å². The summed E-state index contributed by atoms with van der Waals surface area (Å²) in [6.07, 6.45) is 0. The third-order valence-corrected chi connectivity index (χ3v) is 6.06. The van der Waals surface area contributed by atoms with Gasteiger partial charge in [0.25, 0.3) is 15.9 Å². The van der Waals surface area contributed by atoms with E-state index in [9.17, 15) is 22.0 Å². The summed E-state index contributed by atoms with van der Waals surface area (Å²) in [6, 6.07) is 14.4. The van der Waals surface area contributed by atoms with Crippen molar-refractivity contribution in [2.24, 2.45) is 0 Å². The number of halogens is 3. The first-order chi connectivity index (χ1) is 14.2. The molecular weight excluding hydrogens is 434 g/mol. The molecule has 0 atom stereocenters. The summed E-state index contributed by atoms with van der Waals surface area (Å²) in [5.74, 6) is -1.44. The van der Waals surface area contributed by atoms with Crippen LogP contribution in [0, 0.1) is 11.6 Å². The van der Waals surface area contributed by atoms with Gasteiger partial charge in [-0.1, -0.05) is 17.7 Å². The standard InChI is InChI=1S/C21H17ClF2N2O3S/c1-26(13-18-19(22)3-2-4-20(18)24)21(27)14-5-9-16(10-6-14)25-30(28,29)17-11-7-15(23)8-12-17/h2-12,25H,13H2,1H3. The highest BCUT2D eigenvalue weighted by atomic mass is 35.5. The van der Waals surface area contributed by atoms with Crippen LogP contribution in [0.4, 0.5) is 14.5 Å². The Labute approximate surface area is 178 Å². The Morgan fingerprint density at radius 1 is 1.00 bits per heavy atom. The molecule has 3 aromatic rings. The molecule has 0 fully saturated rings. The van der Waals surface area contributed by atoms with E-state index < -0.39 is 21.7 Å². The van der Waals surface area contributed by atoms with Gasteiger partial charge < -0.3 is 4.90 Å². The second kappa shape index (κ2) is 8.81. The lowest BCUT2D eigenvalue weighted by molar-refractivity contribution is 0.0784. The number of nitrogens with zero attached hydrogens (tertiary/aromatic N) is 1. The second-order valence-electron chi connectivity index (χ2n) is 6.50. The molecule has 0 heterocycles. The largest absolute Gasteiger partial charge is 0.337 e. The quantitative estimate of drug-likeness (QED) is 0.592. The lowest BCUT2D eigenvalue weighted by Gasteiger charge is -2.19. The van der Waals surface area contributed by atoms with Crippen LogP contribution in [-0.2, 0) is 16.6 Å². The maximum atomic E-state index is 13.9. The van der Waals surface area contributed by atoms with Gasteiger partial charge in [-0.05, 0) is 60.7 Å². The van der Waals surface area contributed by atoms with Crippen molar-refractivity contribution in [2.45, 2.75) is 11.4 Å². The third-order valence-electron chi connectivity index (χ3n) is 4.31. The molecule has 5 nitrogen and oxygen atoms in total. The van der Waals surface area contributed by atoms with E-state index in [4.69, 9.17) is 11.6 Å². The van der Waals surface area contributed by atoms with Crippen molar-refractivity contribution in [2.75, 3.05) is 11.8 Å². The van der Waals surface area contributed by atoms with E-state index in [0.717, 1.165) is 24.3 Å². The number of carbonyl (C=O) groups is 1. The fourth-order valence-corrected chi connectivity index (χ4v) is 4.00. The molecule has 0 spiro atoms. The van der Waals surface area contributed by atoms with Crippen molar-refractivity contribution >= 4 is 33.2 Å². The first kappa shape index (κ1) is 21.7. The van der Waals surface area contributed by atoms with Crippen LogP contribution in [0.1, 0.15) is 15.9 Å². The molecule has 0 aliphatic rings. The molecule has 1 N–H and O–H groups in total. The Kier molecular flexibility index (Phi) is 6.38. The number of hydrogen-bond acceptors (Lipinski definition) is 3. The van der Waals surface area contributed by atoms with Crippen molar-refractivity contribution < 1.29 is 22.0 Å². The second-order valence-corrected chi connectivity index (χ2v) is 8.59. The summed E-state index contributed by atoms with van der Waals surface area (Å²) in [7, 11) is -2.39. The van der Waals surface area contributed by atoms with E-state index in [1.807, 2.05) is 0 Å². The summed E-state index contributed by atoms with van der Waals surface area (Å²) < 4.78 is 54.0. The van der Waals surface area contributed by atoms with Crippen LogP contribution in [0.15, 0.2) is 71.6 Å². The molecule has 30 heavy (non-hydrogen) atoms. The van der Waals surface area contributed by atoms with E-state index in [-0.39, 0.29) is 39.2 Å². The minimum atomic E-state index is -3.90. The van der Waals surface area contributed by atoms with Crippen LogP contribution in [0.3, 0.4) is 0 Å². The molecule has 0 bridgehead atoms. The van der Waals surface area contributed by atoms with E-state index >= 15 is 0 Å². The molecule has 0 saturated heterocycles. The van der Waals surface area contributed by atoms with Crippen LogP contribution in [-0.4, -0.2) is 26.3 Å². The molecule has 9 heteroatoms. The fourth-order valence-electron chi connectivity index (χ4n) is 2.72.